The van der Waals surface area contributed by atoms with Crippen LogP contribution in [-0.4, -0.2) is 25.7 Å². The van der Waals surface area contributed by atoms with Gasteiger partial charge in [0.05, 0.1) is 23.6 Å². The van der Waals surface area contributed by atoms with Crippen LogP contribution in [0, 0.1) is 5.82 Å². The van der Waals surface area contributed by atoms with Gasteiger partial charge in [-0.3, -0.25) is 14.8 Å². The number of primary amides is 1. The lowest BCUT2D eigenvalue weighted by Gasteiger charge is -2.04. The minimum Gasteiger partial charge on any atom is -0.364 e. The second-order valence-electron chi connectivity index (χ2n) is 5.46. The molecule has 3 aromatic heterocycles. The topological polar surface area (TPSA) is 86.7 Å². The van der Waals surface area contributed by atoms with Crippen molar-refractivity contribution < 1.29 is 9.18 Å². The molecule has 0 bridgehead atoms. The first-order valence-electron chi connectivity index (χ1n) is 7.47. The molecule has 0 saturated heterocycles. The van der Waals surface area contributed by atoms with Crippen molar-refractivity contribution in [1.29, 1.82) is 0 Å². The van der Waals surface area contributed by atoms with Gasteiger partial charge < -0.3 is 5.73 Å². The normalized spacial score (nSPS) is 10.9. The second kappa shape index (κ2) is 5.79. The summed E-state index contributed by atoms with van der Waals surface area (Å²) >= 11 is 0. The van der Waals surface area contributed by atoms with Crippen LogP contribution in [-0.2, 0) is 0 Å². The maximum atomic E-state index is 13.4. The van der Waals surface area contributed by atoms with Crippen LogP contribution < -0.4 is 5.73 Å². The Morgan fingerprint density at radius 3 is 2.64 bits per heavy atom. The quantitative estimate of drug-likeness (QED) is 0.624. The number of carbonyl (C=O) groups excluding carboxylic acids is 1. The van der Waals surface area contributed by atoms with Crippen molar-refractivity contribution in [1.82, 2.24) is 19.7 Å². The number of carbonyl (C=O) groups is 1. The van der Waals surface area contributed by atoms with Crippen molar-refractivity contribution >= 4 is 16.8 Å². The Balaban J connectivity index is 1.96. The summed E-state index contributed by atoms with van der Waals surface area (Å²) in [5.41, 5.74) is 8.36. The summed E-state index contributed by atoms with van der Waals surface area (Å²) in [6, 6.07) is 10.4. The molecule has 0 aliphatic heterocycles. The van der Waals surface area contributed by atoms with E-state index in [1.807, 2.05) is 18.2 Å². The zero-order valence-corrected chi connectivity index (χ0v) is 12.9. The standard InChI is InChI=1S/C18H12FN5O/c19-13-6-12(8-22-9-13)11-3-4-16-15(7-11)17(18(20)25)23-24(16)14-2-1-5-21-10-14/h1-10H,(H2,20,25). The second-order valence-corrected chi connectivity index (χ2v) is 5.46. The minimum absolute atomic E-state index is 0.144. The number of benzene rings is 1. The molecule has 6 nitrogen and oxygen atoms in total. The molecule has 0 aliphatic rings. The summed E-state index contributed by atoms with van der Waals surface area (Å²) in [6.45, 7) is 0. The summed E-state index contributed by atoms with van der Waals surface area (Å²) in [5, 5.41) is 4.91. The van der Waals surface area contributed by atoms with Crippen molar-refractivity contribution in [3.8, 4) is 16.8 Å². The number of aromatic nitrogens is 4. The van der Waals surface area contributed by atoms with Crippen LogP contribution >= 0.6 is 0 Å². The average molecular weight is 333 g/mol. The lowest BCUT2D eigenvalue weighted by molar-refractivity contribution is 0.0996. The van der Waals surface area contributed by atoms with Crippen molar-refractivity contribution in [2.45, 2.75) is 0 Å². The molecule has 4 aromatic rings. The molecule has 0 radical (unpaired) electrons. The summed E-state index contributed by atoms with van der Waals surface area (Å²) in [5.74, 6) is -1.07. The third-order valence-electron chi connectivity index (χ3n) is 3.84. The van der Waals surface area contributed by atoms with E-state index in [2.05, 4.69) is 15.1 Å². The number of nitrogens with zero attached hydrogens (tertiary/aromatic N) is 4. The Kier molecular flexibility index (Phi) is 3.46. The highest BCUT2D eigenvalue weighted by atomic mass is 19.1. The van der Waals surface area contributed by atoms with Crippen LogP contribution in [0.15, 0.2) is 61.2 Å². The van der Waals surface area contributed by atoms with Gasteiger partial charge in [-0.05, 0) is 35.9 Å². The molecular weight excluding hydrogens is 321 g/mol. The lowest BCUT2D eigenvalue weighted by atomic mass is 10.0. The third-order valence-corrected chi connectivity index (χ3v) is 3.84. The summed E-state index contributed by atoms with van der Waals surface area (Å²) in [7, 11) is 0. The SMILES string of the molecule is NC(=O)c1nn(-c2cccnc2)c2ccc(-c3cncc(F)c3)cc12. The fourth-order valence-electron chi connectivity index (χ4n) is 2.73. The monoisotopic (exact) mass is 333 g/mol. The van der Waals surface area contributed by atoms with E-state index in [-0.39, 0.29) is 5.69 Å². The van der Waals surface area contributed by atoms with Gasteiger partial charge in [0.1, 0.15) is 5.82 Å². The number of hydrogen-bond acceptors (Lipinski definition) is 4. The fraction of sp³-hybridized carbons (Fsp3) is 0. The number of pyridine rings is 2. The highest BCUT2D eigenvalue weighted by molar-refractivity contribution is 6.05. The van der Waals surface area contributed by atoms with Gasteiger partial charge in [-0.2, -0.15) is 5.10 Å². The zero-order chi connectivity index (χ0) is 17.4. The Labute approximate surface area is 141 Å². The highest BCUT2D eigenvalue weighted by Crippen LogP contribution is 2.28. The van der Waals surface area contributed by atoms with Gasteiger partial charge in [0.25, 0.3) is 5.91 Å². The van der Waals surface area contributed by atoms with Crippen molar-refractivity contribution in [2.24, 2.45) is 5.73 Å². The van der Waals surface area contributed by atoms with E-state index < -0.39 is 11.7 Å². The van der Waals surface area contributed by atoms with E-state index in [0.717, 1.165) is 6.20 Å². The van der Waals surface area contributed by atoms with Gasteiger partial charge in [0.2, 0.25) is 0 Å². The molecule has 1 aromatic carbocycles. The smallest absolute Gasteiger partial charge is 0.269 e. The summed E-state index contributed by atoms with van der Waals surface area (Å²) in [6.07, 6.45) is 5.98. The number of fused-ring (bicyclic) bond motifs is 1. The van der Waals surface area contributed by atoms with E-state index in [1.54, 1.807) is 35.4 Å². The molecule has 7 heteroatoms. The first kappa shape index (κ1) is 14.9. The molecule has 0 saturated carbocycles. The van der Waals surface area contributed by atoms with Crippen LogP contribution in [0.3, 0.4) is 0 Å². The molecule has 4 rings (SSSR count). The first-order valence-corrected chi connectivity index (χ1v) is 7.47. The van der Waals surface area contributed by atoms with Crippen molar-refractivity contribution in [3.63, 3.8) is 0 Å². The van der Waals surface area contributed by atoms with Gasteiger partial charge in [-0.25, -0.2) is 9.07 Å². The molecule has 0 spiro atoms. The number of rotatable bonds is 3. The number of amides is 1. The van der Waals surface area contributed by atoms with Crippen molar-refractivity contribution in [2.75, 3.05) is 0 Å². The van der Waals surface area contributed by atoms with E-state index in [9.17, 15) is 9.18 Å². The van der Waals surface area contributed by atoms with Gasteiger partial charge in [0, 0.05) is 23.3 Å². The van der Waals surface area contributed by atoms with Gasteiger partial charge >= 0.3 is 0 Å². The predicted molar refractivity (Wildman–Crippen MR) is 90.6 cm³/mol. The predicted octanol–water partition coefficient (Wildman–Crippen LogP) is 2.72. The highest BCUT2D eigenvalue weighted by Gasteiger charge is 2.17. The molecule has 0 aliphatic carbocycles. The molecule has 1 amide bonds. The van der Waals surface area contributed by atoms with Crippen LogP contribution in [0.25, 0.3) is 27.7 Å². The van der Waals surface area contributed by atoms with Crippen LogP contribution in [0.5, 0.6) is 0 Å². The Morgan fingerprint density at radius 1 is 1.04 bits per heavy atom. The van der Waals surface area contributed by atoms with E-state index in [1.165, 1.54) is 6.07 Å². The van der Waals surface area contributed by atoms with E-state index in [4.69, 9.17) is 5.73 Å². The van der Waals surface area contributed by atoms with Gasteiger partial charge in [-0.1, -0.05) is 6.07 Å². The largest absolute Gasteiger partial charge is 0.364 e. The van der Waals surface area contributed by atoms with Crippen LogP contribution in [0.1, 0.15) is 10.5 Å². The van der Waals surface area contributed by atoms with Crippen molar-refractivity contribution in [3.05, 3.63) is 72.7 Å². The first-order chi connectivity index (χ1) is 12.1. The average Bonchev–Trinajstić information content (AvgIpc) is 3.01. The Morgan fingerprint density at radius 2 is 1.92 bits per heavy atom. The maximum Gasteiger partial charge on any atom is 0.269 e. The molecular formula is C18H12FN5O. The minimum atomic E-state index is -0.637. The van der Waals surface area contributed by atoms with Crippen LogP contribution in [0.4, 0.5) is 4.39 Å². The maximum absolute atomic E-state index is 13.4. The summed E-state index contributed by atoms with van der Waals surface area (Å²) in [4.78, 5) is 19.7. The lowest BCUT2D eigenvalue weighted by Crippen LogP contribution is -2.12. The molecule has 2 N–H and O–H groups in total. The molecule has 122 valence electrons. The van der Waals surface area contributed by atoms with Gasteiger partial charge in [-0.15, -0.1) is 0 Å². The number of hydrogen-bond donors (Lipinski definition) is 1. The summed E-state index contributed by atoms with van der Waals surface area (Å²) < 4.78 is 15.0. The molecule has 25 heavy (non-hydrogen) atoms. The molecule has 0 atom stereocenters. The molecule has 3 heterocycles. The van der Waals surface area contributed by atoms with E-state index in [0.29, 0.717) is 27.7 Å². The molecule has 0 unspecified atom stereocenters. The van der Waals surface area contributed by atoms with E-state index >= 15 is 0 Å². The van der Waals surface area contributed by atoms with Gasteiger partial charge in [0.15, 0.2) is 5.69 Å². The Hall–Kier alpha value is -3.61. The zero-order valence-electron chi connectivity index (χ0n) is 12.9. The third kappa shape index (κ3) is 2.61. The number of nitrogens with two attached hydrogens (primary N) is 1. The Bertz CT molecular complexity index is 1090. The number of halogens is 1. The fourth-order valence-corrected chi connectivity index (χ4v) is 2.73. The molecule has 0 fully saturated rings. The van der Waals surface area contributed by atoms with Crippen LogP contribution in [0.2, 0.25) is 0 Å².